The molecule has 0 aromatic rings. The fourth-order valence-electron chi connectivity index (χ4n) is 8.11. The molecule has 31 heavy (non-hydrogen) atoms. The Balaban J connectivity index is 1.41. The maximum atomic E-state index is 13.0. The van der Waals surface area contributed by atoms with Gasteiger partial charge in [-0.1, -0.05) is 13.8 Å². The molecule has 0 aromatic carbocycles. The average Bonchev–Trinajstić information content (AvgIpc) is 3.08. The van der Waals surface area contributed by atoms with Crippen LogP contribution in [-0.2, 0) is 23.9 Å². The lowest BCUT2D eigenvalue weighted by Gasteiger charge is -2.60. The Hall–Kier alpha value is -1.72. The third-order valence-corrected chi connectivity index (χ3v) is 9.79. The molecule has 172 valence electrons. The number of carbonyl (C=O) groups excluding carboxylic acids is 3. The summed E-state index contributed by atoms with van der Waals surface area (Å²) in [6.07, 6.45) is 8.41. The van der Waals surface area contributed by atoms with E-state index >= 15 is 0 Å². The first kappa shape index (κ1) is 22.5. The summed E-state index contributed by atoms with van der Waals surface area (Å²) in [4.78, 5) is 47.4. The van der Waals surface area contributed by atoms with Crippen molar-refractivity contribution >= 4 is 23.5 Å². The third kappa shape index (κ3) is 3.95. The van der Waals surface area contributed by atoms with Crippen molar-refractivity contribution in [2.45, 2.75) is 84.5 Å². The van der Waals surface area contributed by atoms with Gasteiger partial charge in [0.25, 0.3) is 0 Å². The fourth-order valence-corrected chi connectivity index (χ4v) is 8.11. The highest BCUT2D eigenvalue weighted by atomic mass is 16.5. The predicted octanol–water partition coefficient (Wildman–Crippen LogP) is 4.19. The molecule has 0 amide bonds. The first-order valence-electron chi connectivity index (χ1n) is 12.1. The lowest BCUT2D eigenvalue weighted by molar-refractivity contribution is -0.154. The predicted molar refractivity (Wildman–Crippen MR) is 113 cm³/mol. The van der Waals surface area contributed by atoms with Gasteiger partial charge in [-0.2, -0.15) is 0 Å². The molecule has 0 radical (unpaired) electrons. The number of hydrogen-bond acceptors (Lipinski definition) is 5. The molecular formula is C25H36O6. The van der Waals surface area contributed by atoms with E-state index in [0.717, 1.165) is 51.4 Å². The number of Topliss-reactive ketones (excluding diaryl/α,β-unsaturated/α-hetero) is 2. The molecule has 0 heterocycles. The van der Waals surface area contributed by atoms with Gasteiger partial charge in [-0.05, 0) is 79.4 Å². The molecule has 4 rings (SSSR count). The lowest BCUT2D eigenvalue weighted by atomic mass is 9.44. The summed E-state index contributed by atoms with van der Waals surface area (Å²) in [6, 6.07) is 0. The van der Waals surface area contributed by atoms with E-state index in [2.05, 4.69) is 13.8 Å². The van der Waals surface area contributed by atoms with Crippen molar-refractivity contribution in [1.29, 1.82) is 0 Å². The molecular weight excluding hydrogens is 396 g/mol. The van der Waals surface area contributed by atoms with Gasteiger partial charge < -0.3 is 9.84 Å². The molecule has 4 fully saturated rings. The molecule has 6 heteroatoms. The number of hydrogen-bond donors (Lipinski definition) is 1. The maximum Gasteiger partial charge on any atom is 0.306 e. The van der Waals surface area contributed by atoms with E-state index in [1.807, 2.05) is 0 Å². The van der Waals surface area contributed by atoms with Crippen LogP contribution in [0.25, 0.3) is 0 Å². The smallest absolute Gasteiger partial charge is 0.306 e. The summed E-state index contributed by atoms with van der Waals surface area (Å²) in [5.74, 6) is 1.03. The van der Waals surface area contributed by atoms with Crippen LogP contribution < -0.4 is 0 Å². The van der Waals surface area contributed by atoms with Crippen LogP contribution in [0.2, 0.25) is 0 Å². The van der Waals surface area contributed by atoms with E-state index < -0.39 is 11.9 Å². The molecule has 7 atom stereocenters. The summed E-state index contributed by atoms with van der Waals surface area (Å²) in [6.45, 7) is 4.47. The Labute approximate surface area is 184 Å². The second kappa shape index (κ2) is 8.32. The molecule has 1 N–H and O–H groups in total. The first-order chi connectivity index (χ1) is 14.6. The van der Waals surface area contributed by atoms with E-state index in [1.54, 1.807) is 0 Å². The molecule has 0 unspecified atom stereocenters. The van der Waals surface area contributed by atoms with E-state index in [0.29, 0.717) is 29.5 Å². The number of esters is 1. The van der Waals surface area contributed by atoms with E-state index in [-0.39, 0.29) is 42.0 Å². The summed E-state index contributed by atoms with van der Waals surface area (Å²) in [7, 11) is 0. The number of carboxylic acid groups (broad SMARTS) is 1. The second-order valence-corrected chi connectivity index (χ2v) is 11.1. The van der Waals surface area contributed by atoms with Gasteiger partial charge >= 0.3 is 11.9 Å². The van der Waals surface area contributed by atoms with Crippen LogP contribution >= 0.6 is 0 Å². The minimum absolute atomic E-state index is 0.00437. The van der Waals surface area contributed by atoms with Gasteiger partial charge in [0.15, 0.2) is 5.78 Å². The monoisotopic (exact) mass is 432 g/mol. The second-order valence-electron chi connectivity index (χ2n) is 11.1. The van der Waals surface area contributed by atoms with Crippen LogP contribution in [0.15, 0.2) is 0 Å². The van der Waals surface area contributed by atoms with Crippen molar-refractivity contribution in [3.63, 3.8) is 0 Å². The number of carboxylic acids is 1. The molecule has 4 saturated carbocycles. The molecule has 0 bridgehead atoms. The van der Waals surface area contributed by atoms with Crippen molar-refractivity contribution in [3.05, 3.63) is 0 Å². The molecule has 6 nitrogen and oxygen atoms in total. The maximum absolute atomic E-state index is 13.0. The molecule has 0 spiro atoms. The minimum atomic E-state index is -1.04. The highest BCUT2D eigenvalue weighted by Gasteiger charge is 2.61. The summed E-state index contributed by atoms with van der Waals surface area (Å²) in [5.41, 5.74) is 0.222. The minimum Gasteiger partial charge on any atom is -0.481 e. The van der Waals surface area contributed by atoms with Crippen molar-refractivity contribution < 1.29 is 29.0 Å². The average molecular weight is 433 g/mol. The van der Waals surface area contributed by atoms with Crippen LogP contribution in [0.4, 0.5) is 0 Å². The quantitative estimate of drug-likeness (QED) is 0.632. The van der Waals surface area contributed by atoms with Gasteiger partial charge in [-0.3, -0.25) is 19.2 Å². The largest absolute Gasteiger partial charge is 0.481 e. The number of ether oxygens (including phenoxy) is 1. The first-order valence-corrected chi connectivity index (χ1v) is 12.1. The van der Waals surface area contributed by atoms with Gasteiger partial charge in [0, 0.05) is 18.8 Å². The van der Waals surface area contributed by atoms with Crippen LogP contribution in [0, 0.1) is 40.4 Å². The standard InChI is InChI=1S/C25H36O6/c1-24-11-9-16(26)13-15(24)3-4-17-18-5-6-20(25(18,2)12-10-19(17)24)21(27)14-31-23(30)8-7-22(28)29/h15,17-20H,3-14H2,1-2H3,(H,28,29)/t15-,17-,18+,19-,20-,24-,25-/m0/s1. The SMILES string of the molecule is C[C@]12CC[C@H]3[C@@H](CC[C@H]4CC(=O)CC[C@@]43C)[C@H]1CC[C@H]2C(=O)COC(=O)CCC(=O)O. The Morgan fingerprint density at radius 3 is 2.45 bits per heavy atom. The highest BCUT2D eigenvalue weighted by molar-refractivity contribution is 5.86. The van der Waals surface area contributed by atoms with Crippen molar-refractivity contribution in [2.24, 2.45) is 40.4 Å². The Morgan fingerprint density at radius 2 is 1.71 bits per heavy atom. The Kier molecular flexibility index (Phi) is 6.04. The zero-order valence-electron chi connectivity index (χ0n) is 18.9. The van der Waals surface area contributed by atoms with Gasteiger partial charge in [0.2, 0.25) is 0 Å². The molecule has 0 aromatic heterocycles. The number of ketones is 2. The number of fused-ring (bicyclic) bond motifs is 5. The van der Waals surface area contributed by atoms with Gasteiger partial charge in [0.05, 0.1) is 12.8 Å². The van der Waals surface area contributed by atoms with Crippen molar-refractivity contribution in [2.75, 3.05) is 6.61 Å². The van der Waals surface area contributed by atoms with Crippen LogP contribution in [0.3, 0.4) is 0 Å². The van der Waals surface area contributed by atoms with E-state index in [4.69, 9.17) is 9.84 Å². The molecule has 0 aliphatic heterocycles. The van der Waals surface area contributed by atoms with Gasteiger partial charge in [-0.15, -0.1) is 0 Å². The highest BCUT2D eigenvalue weighted by Crippen LogP contribution is 2.67. The Bertz CT molecular complexity index is 774. The topological polar surface area (TPSA) is 97.7 Å². The van der Waals surface area contributed by atoms with Crippen molar-refractivity contribution in [1.82, 2.24) is 0 Å². The Morgan fingerprint density at radius 1 is 0.968 bits per heavy atom. The van der Waals surface area contributed by atoms with Crippen LogP contribution in [0.1, 0.15) is 84.5 Å². The van der Waals surface area contributed by atoms with Gasteiger partial charge in [0.1, 0.15) is 12.4 Å². The summed E-state index contributed by atoms with van der Waals surface area (Å²) >= 11 is 0. The molecule has 0 saturated heterocycles. The van der Waals surface area contributed by atoms with Crippen LogP contribution in [-0.4, -0.2) is 35.2 Å². The van der Waals surface area contributed by atoms with Crippen LogP contribution in [0.5, 0.6) is 0 Å². The van der Waals surface area contributed by atoms with E-state index in [9.17, 15) is 19.2 Å². The molecule has 4 aliphatic rings. The lowest BCUT2D eigenvalue weighted by Crippen LogP contribution is -2.54. The summed E-state index contributed by atoms with van der Waals surface area (Å²) < 4.78 is 5.11. The van der Waals surface area contributed by atoms with Gasteiger partial charge in [-0.25, -0.2) is 0 Å². The number of carbonyl (C=O) groups is 4. The zero-order chi connectivity index (χ0) is 22.4. The number of rotatable bonds is 6. The summed E-state index contributed by atoms with van der Waals surface area (Å²) in [5, 5.41) is 8.68. The number of aliphatic carboxylic acids is 1. The third-order valence-electron chi connectivity index (χ3n) is 9.79. The zero-order valence-corrected chi connectivity index (χ0v) is 18.9. The van der Waals surface area contributed by atoms with E-state index in [1.165, 1.54) is 6.42 Å². The normalized spacial score (nSPS) is 41.6. The fraction of sp³-hybridized carbons (Fsp3) is 0.840. The van der Waals surface area contributed by atoms with Crippen molar-refractivity contribution in [3.8, 4) is 0 Å². The molecule has 4 aliphatic carbocycles.